The molecule has 0 aliphatic rings. The van der Waals surface area contributed by atoms with E-state index in [4.69, 9.17) is 19.7 Å². The van der Waals surface area contributed by atoms with Gasteiger partial charge in [-0.2, -0.15) is 0 Å². The molecule has 2 aromatic carbocycles. The van der Waals surface area contributed by atoms with Crippen molar-refractivity contribution < 1.29 is 34.1 Å². The third-order valence-electron chi connectivity index (χ3n) is 3.46. The minimum atomic E-state index is -1.12. The number of ether oxygens (including phenoxy) is 2. The Morgan fingerprint density at radius 2 is 1.69 bits per heavy atom. The zero-order chi connectivity index (χ0) is 19.1. The number of amides is 1. The van der Waals surface area contributed by atoms with Crippen LogP contribution in [0.3, 0.4) is 0 Å². The van der Waals surface area contributed by atoms with Gasteiger partial charge in [0.05, 0.1) is 12.7 Å². The number of carboxylic acid groups (broad SMARTS) is 2. The average molecular weight is 359 g/mol. The van der Waals surface area contributed by atoms with E-state index in [-0.39, 0.29) is 30.0 Å². The third kappa shape index (κ3) is 4.97. The number of nitrogens with one attached hydrogen (secondary N) is 1. The number of methoxy groups -OCH3 is 1. The molecular weight excluding hydrogens is 342 g/mol. The van der Waals surface area contributed by atoms with Gasteiger partial charge in [-0.05, 0) is 42.0 Å². The van der Waals surface area contributed by atoms with Crippen LogP contribution in [0.5, 0.6) is 11.5 Å². The van der Waals surface area contributed by atoms with E-state index < -0.39 is 17.8 Å². The fourth-order valence-electron chi connectivity index (χ4n) is 2.13. The maximum absolute atomic E-state index is 11.8. The summed E-state index contributed by atoms with van der Waals surface area (Å²) in [6.45, 7) is -0.126. The van der Waals surface area contributed by atoms with Gasteiger partial charge in [0, 0.05) is 6.54 Å². The van der Waals surface area contributed by atoms with Crippen molar-refractivity contribution in [1.82, 2.24) is 5.32 Å². The highest BCUT2D eigenvalue weighted by molar-refractivity contribution is 5.91. The summed E-state index contributed by atoms with van der Waals surface area (Å²) in [6, 6.07) is 10.3. The molecule has 3 N–H and O–H groups in total. The van der Waals surface area contributed by atoms with E-state index in [2.05, 4.69) is 5.32 Å². The lowest BCUT2D eigenvalue weighted by atomic mass is 10.1. The van der Waals surface area contributed by atoms with Crippen molar-refractivity contribution >= 4 is 17.8 Å². The molecule has 2 rings (SSSR count). The van der Waals surface area contributed by atoms with Crippen molar-refractivity contribution in [2.45, 2.75) is 6.54 Å². The van der Waals surface area contributed by atoms with Gasteiger partial charge in [-0.3, -0.25) is 4.79 Å². The van der Waals surface area contributed by atoms with Gasteiger partial charge in [0.2, 0.25) is 0 Å². The Hall–Kier alpha value is -3.55. The Kier molecular flexibility index (Phi) is 6.15. The molecule has 0 saturated carbocycles. The van der Waals surface area contributed by atoms with Gasteiger partial charge >= 0.3 is 11.9 Å². The lowest BCUT2D eigenvalue weighted by Gasteiger charge is -2.10. The van der Waals surface area contributed by atoms with Crippen molar-refractivity contribution in [3.63, 3.8) is 0 Å². The number of benzene rings is 2. The molecule has 26 heavy (non-hydrogen) atoms. The normalized spacial score (nSPS) is 10.0. The highest BCUT2D eigenvalue weighted by atomic mass is 16.5. The number of carbonyl (C=O) groups is 3. The first-order chi connectivity index (χ1) is 12.4. The number of rotatable bonds is 8. The van der Waals surface area contributed by atoms with E-state index in [9.17, 15) is 14.4 Å². The molecule has 0 bridgehead atoms. The van der Waals surface area contributed by atoms with Gasteiger partial charge in [0.15, 0.2) is 6.61 Å². The first-order valence-corrected chi connectivity index (χ1v) is 7.53. The van der Waals surface area contributed by atoms with E-state index >= 15 is 0 Å². The van der Waals surface area contributed by atoms with Gasteiger partial charge in [-0.15, -0.1) is 0 Å². The number of carboxylic acids is 2. The van der Waals surface area contributed by atoms with Crippen molar-refractivity contribution in [2.24, 2.45) is 0 Å². The van der Waals surface area contributed by atoms with Crippen LogP contribution in [0.2, 0.25) is 0 Å². The van der Waals surface area contributed by atoms with Gasteiger partial charge in [0.25, 0.3) is 5.91 Å². The van der Waals surface area contributed by atoms with Gasteiger partial charge in [0.1, 0.15) is 17.1 Å². The molecule has 8 heteroatoms. The van der Waals surface area contributed by atoms with Crippen molar-refractivity contribution in [2.75, 3.05) is 13.7 Å². The molecule has 0 aliphatic heterocycles. The fourth-order valence-corrected chi connectivity index (χ4v) is 2.13. The third-order valence-corrected chi connectivity index (χ3v) is 3.46. The summed E-state index contributed by atoms with van der Waals surface area (Å²) in [5.74, 6) is -1.97. The predicted octanol–water partition coefficient (Wildman–Crippen LogP) is 1.79. The van der Waals surface area contributed by atoms with Crippen molar-refractivity contribution in [3.8, 4) is 11.5 Å². The number of carbonyl (C=O) groups excluding carboxylic acids is 1. The van der Waals surface area contributed by atoms with Crippen LogP contribution in [0.15, 0.2) is 42.5 Å². The molecule has 0 fully saturated rings. The molecule has 0 heterocycles. The summed E-state index contributed by atoms with van der Waals surface area (Å²) < 4.78 is 10.2. The molecule has 0 aliphatic carbocycles. The number of hydrogen-bond donors (Lipinski definition) is 3. The van der Waals surface area contributed by atoms with Crippen LogP contribution in [-0.4, -0.2) is 41.8 Å². The van der Waals surface area contributed by atoms with Crippen LogP contribution in [-0.2, 0) is 11.3 Å². The molecule has 0 radical (unpaired) electrons. The molecule has 136 valence electrons. The van der Waals surface area contributed by atoms with Gasteiger partial charge in [-0.25, -0.2) is 9.59 Å². The van der Waals surface area contributed by atoms with Crippen LogP contribution in [0.1, 0.15) is 26.3 Å². The summed E-state index contributed by atoms with van der Waals surface area (Å²) in [5, 5.41) is 20.6. The maximum atomic E-state index is 11.8. The Bertz CT molecular complexity index is 815. The molecule has 1 amide bonds. The zero-order valence-electron chi connectivity index (χ0n) is 13.9. The Morgan fingerprint density at radius 3 is 2.27 bits per heavy atom. The lowest BCUT2D eigenvalue weighted by molar-refractivity contribution is -0.123. The molecular formula is C18H17NO7. The predicted molar refractivity (Wildman–Crippen MR) is 90.7 cm³/mol. The molecule has 0 unspecified atom stereocenters. The van der Waals surface area contributed by atoms with Crippen LogP contribution in [0.25, 0.3) is 0 Å². The highest BCUT2D eigenvalue weighted by Crippen LogP contribution is 2.19. The minimum Gasteiger partial charge on any atom is -0.496 e. The summed E-state index contributed by atoms with van der Waals surface area (Å²) in [5.41, 5.74) is 0.729. The second-order valence-corrected chi connectivity index (χ2v) is 5.23. The Balaban J connectivity index is 1.87. The molecule has 0 saturated heterocycles. The Labute approximate surface area is 149 Å². The van der Waals surface area contributed by atoms with Gasteiger partial charge in [-0.1, -0.05) is 6.07 Å². The smallest absolute Gasteiger partial charge is 0.339 e. The van der Waals surface area contributed by atoms with E-state index in [0.717, 1.165) is 0 Å². The van der Waals surface area contributed by atoms with Crippen LogP contribution in [0.4, 0.5) is 0 Å². The van der Waals surface area contributed by atoms with E-state index in [1.165, 1.54) is 43.5 Å². The molecule has 2 aromatic rings. The van der Waals surface area contributed by atoms with Crippen LogP contribution in [0, 0.1) is 0 Å². The summed E-state index contributed by atoms with van der Waals surface area (Å²) in [4.78, 5) is 33.8. The second kappa shape index (κ2) is 8.52. The summed E-state index contributed by atoms with van der Waals surface area (Å²) in [7, 11) is 1.38. The second-order valence-electron chi connectivity index (χ2n) is 5.23. The fraction of sp³-hybridized carbons (Fsp3) is 0.167. The summed E-state index contributed by atoms with van der Waals surface area (Å²) in [6.07, 6.45) is 0. The van der Waals surface area contributed by atoms with Crippen molar-refractivity contribution in [1.29, 1.82) is 0 Å². The highest BCUT2D eigenvalue weighted by Gasteiger charge is 2.12. The lowest BCUT2D eigenvalue weighted by Crippen LogP contribution is -2.28. The Morgan fingerprint density at radius 1 is 1.00 bits per heavy atom. The first kappa shape index (κ1) is 18.8. The topological polar surface area (TPSA) is 122 Å². The monoisotopic (exact) mass is 359 g/mol. The first-order valence-electron chi connectivity index (χ1n) is 7.53. The average Bonchev–Trinajstić information content (AvgIpc) is 2.64. The van der Waals surface area contributed by atoms with E-state index in [0.29, 0.717) is 11.3 Å². The zero-order valence-corrected chi connectivity index (χ0v) is 13.9. The largest absolute Gasteiger partial charge is 0.496 e. The number of hydrogen-bond acceptors (Lipinski definition) is 5. The summed E-state index contributed by atoms with van der Waals surface area (Å²) >= 11 is 0. The number of aromatic carboxylic acids is 2. The molecule has 0 aromatic heterocycles. The minimum absolute atomic E-state index is 0.00835. The quantitative estimate of drug-likeness (QED) is 0.657. The maximum Gasteiger partial charge on any atom is 0.339 e. The standard InChI is InChI=1S/C18H17NO7/c1-25-15-7-2-11(8-14(15)18(23)24)9-19-16(20)10-26-13-5-3-12(4-6-13)17(21)22/h2-8H,9-10H2,1H3,(H,19,20)(H,21,22)(H,23,24). The van der Waals surface area contributed by atoms with E-state index in [1.54, 1.807) is 6.07 Å². The SMILES string of the molecule is COc1ccc(CNC(=O)COc2ccc(C(=O)O)cc2)cc1C(=O)O. The van der Waals surface area contributed by atoms with Crippen LogP contribution < -0.4 is 14.8 Å². The molecule has 0 spiro atoms. The van der Waals surface area contributed by atoms with Gasteiger partial charge < -0.3 is 25.0 Å². The molecule has 8 nitrogen and oxygen atoms in total. The van der Waals surface area contributed by atoms with Crippen LogP contribution >= 0.6 is 0 Å². The van der Waals surface area contributed by atoms with Crippen molar-refractivity contribution in [3.05, 3.63) is 59.2 Å². The molecule has 0 atom stereocenters. The van der Waals surface area contributed by atoms with E-state index in [1.807, 2.05) is 0 Å².